The maximum absolute atomic E-state index is 8.69. The van der Waals surface area contributed by atoms with Gasteiger partial charge in [0.15, 0.2) is 11.5 Å². The molecule has 1 aliphatic rings. The van der Waals surface area contributed by atoms with E-state index in [2.05, 4.69) is 5.32 Å². The molecule has 0 fully saturated rings. The molecule has 0 radical (unpaired) electrons. The van der Waals surface area contributed by atoms with Crippen LogP contribution in [0.15, 0.2) is 18.2 Å². The maximum Gasteiger partial charge on any atom is 0.163 e. The molecule has 4 nitrogen and oxygen atoms in total. The van der Waals surface area contributed by atoms with Crippen LogP contribution < -0.4 is 14.8 Å². The summed E-state index contributed by atoms with van der Waals surface area (Å²) >= 11 is 0. The second-order valence-corrected chi connectivity index (χ2v) is 4.07. The van der Waals surface area contributed by atoms with Crippen molar-refractivity contribution in [3.8, 4) is 11.5 Å². The number of hydrogen-bond donors (Lipinski definition) is 2. The number of benzene rings is 1. The summed E-state index contributed by atoms with van der Waals surface area (Å²) in [5.74, 6) is 1.64. The fraction of sp³-hybridized carbons (Fsp3) is 0.538. The molecular weight excluding hydrogens is 218 g/mol. The molecule has 1 aromatic rings. The summed E-state index contributed by atoms with van der Waals surface area (Å²) in [5.41, 5.74) is 1.03. The Kier molecular flexibility index (Phi) is 4.50. The summed E-state index contributed by atoms with van der Waals surface area (Å²) in [6, 6.07) is 5.90. The molecule has 2 N–H and O–H groups in total. The Morgan fingerprint density at radius 1 is 1.12 bits per heavy atom. The third kappa shape index (κ3) is 3.53. The Balaban J connectivity index is 1.93. The quantitative estimate of drug-likeness (QED) is 0.769. The van der Waals surface area contributed by atoms with Crippen LogP contribution >= 0.6 is 0 Å². The number of aliphatic hydroxyl groups is 1. The molecule has 1 heterocycles. The van der Waals surface area contributed by atoms with Crippen LogP contribution in [-0.2, 0) is 0 Å². The molecule has 0 spiro atoms. The predicted octanol–water partition coefficient (Wildman–Crippen LogP) is 2.03. The van der Waals surface area contributed by atoms with Gasteiger partial charge in [0.25, 0.3) is 0 Å². The first-order chi connectivity index (χ1) is 8.40. The zero-order valence-corrected chi connectivity index (χ0v) is 9.95. The van der Waals surface area contributed by atoms with Crippen LogP contribution in [0.5, 0.6) is 11.5 Å². The van der Waals surface area contributed by atoms with Crippen molar-refractivity contribution in [3.05, 3.63) is 18.2 Å². The highest BCUT2D eigenvalue weighted by Crippen LogP contribution is 2.32. The van der Waals surface area contributed by atoms with Gasteiger partial charge in [-0.2, -0.15) is 0 Å². The van der Waals surface area contributed by atoms with Gasteiger partial charge in [-0.1, -0.05) is 0 Å². The first kappa shape index (κ1) is 12.0. The minimum atomic E-state index is 0.253. The van der Waals surface area contributed by atoms with E-state index >= 15 is 0 Å². The summed E-state index contributed by atoms with van der Waals surface area (Å²) in [7, 11) is 0. The molecule has 0 unspecified atom stereocenters. The zero-order chi connectivity index (χ0) is 11.9. The highest BCUT2D eigenvalue weighted by Gasteiger charge is 2.10. The van der Waals surface area contributed by atoms with Crippen molar-refractivity contribution in [1.82, 2.24) is 0 Å². The van der Waals surface area contributed by atoms with Crippen molar-refractivity contribution in [2.75, 3.05) is 31.7 Å². The molecule has 0 aliphatic carbocycles. The lowest BCUT2D eigenvalue weighted by Crippen LogP contribution is -2.02. The molecule has 0 amide bonds. The minimum Gasteiger partial charge on any atom is -0.490 e. The van der Waals surface area contributed by atoms with Crippen LogP contribution in [0, 0.1) is 0 Å². The van der Waals surface area contributed by atoms with Crippen LogP contribution in [-0.4, -0.2) is 31.5 Å². The van der Waals surface area contributed by atoms with Gasteiger partial charge in [0.2, 0.25) is 0 Å². The lowest BCUT2D eigenvalue weighted by molar-refractivity contribution is 0.286. The molecule has 0 saturated carbocycles. The van der Waals surface area contributed by atoms with E-state index < -0.39 is 0 Å². The highest BCUT2D eigenvalue weighted by molar-refractivity contribution is 5.54. The monoisotopic (exact) mass is 237 g/mol. The molecule has 94 valence electrons. The van der Waals surface area contributed by atoms with Gasteiger partial charge in [-0.05, 0) is 25.0 Å². The van der Waals surface area contributed by atoms with Gasteiger partial charge >= 0.3 is 0 Å². The Morgan fingerprint density at radius 2 is 1.94 bits per heavy atom. The first-order valence-electron chi connectivity index (χ1n) is 6.14. The summed E-state index contributed by atoms with van der Waals surface area (Å²) < 4.78 is 11.2. The van der Waals surface area contributed by atoms with Crippen molar-refractivity contribution in [3.63, 3.8) is 0 Å². The molecule has 0 bridgehead atoms. The summed E-state index contributed by atoms with van der Waals surface area (Å²) in [6.07, 6.45) is 2.72. The van der Waals surface area contributed by atoms with Crippen LogP contribution in [0.3, 0.4) is 0 Å². The maximum atomic E-state index is 8.69. The number of aliphatic hydroxyl groups excluding tert-OH is 1. The third-order valence-electron chi connectivity index (χ3n) is 2.66. The number of fused-ring (bicyclic) bond motifs is 1. The Hall–Kier alpha value is -1.42. The van der Waals surface area contributed by atoms with Crippen molar-refractivity contribution in [2.45, 2.75) is 19.3 Å². The first-order valence-corrected chi connectivity index (χ1v) is 6.14. The molecule has 0 atom stereocenters. The van der Waals surface area contributed by atoms with Crippen LogP contribution in [0.2, 0.25) is 0 Å². The molecule has 4 heteroatoms. The van der Waals surface area contributed by atoms with Crippen molar-refractivity contribution < 1.29 is 14.6 Å². The zero-order valence-electron chi connectivity index (χ0n) is 9.95. The Morgan fingerprint density at radius 3 is 2.76 bits per heavy atom. The second kappa shape index (κ2) is 6.35. The number of anilines is 1. The number of ether oxygens (including phenoxy) is 2. The molecular formula is C13H19NO3. The fourth-order valence-electron chi connectivity index (χ4n) is 1.74. The average Bonchev–Trinajstić information content (AvgIpc) is 2.59. The number of rotatable bonds is 5. The minimum absolute atomic E-state index is 0.253. The Bertz CT molecular complexity index is 355. The van der Waals surface area contributed by atoms with E-state index in [-0.39, 0.29) is 6.61 Å². The molecule has 1 aromatic carbocycles. The Labute approximate surface area is 102 Å². The van der Waals surface area contributed by atoms with Gasteiger partial charge in [0.05, 0.1) is 13.2 Å². The van der Waals surface area contributed by atoms with Gasteiger partial charge in [-0.15, -0.1) is 0 Å². The van der Waals surface area contributed by atoms with Gasteiger partial charge in [-0.3, -0.25) is 0 Å². The number of nitrogens with one attached hydrogen (secondary N) is 1. The summed E-state index contributed by atoms with van der Waals surface area (Å²) in [6.45, 7) is 2.54. The topological polar surface area (TPSA) is 50.7 Å². The molecule has 0 aromatic heterocycles. The molecule has 2 rings (SSSR count). The van der Waals surface area contributed by atoms with Crippen LogP contribution in [0.1, 0.15) is 19.3 Å². The van der Waals surface area contributed by atoms with Gasteiger partial charge in [0.1, 0.15) is 0 Å². The standard InChI is InChI=1S/C13H19NO3/c15-7-2-1-6-14-11-4-5-12-13(10-11)17-9-3-8-16-12/h4-5,10,14-15H,1-3,6-9H2. The number of hydrogen-bond acceptors (Lipinski definition) is 4. The smallest absolute Gasteiger partial charge is 0.163 e. The van der Waals surface area contributed by atoms with Crippen molar-refractivity contribution in [2.24, 2.45) is 0 Å². The average molecular weight is 237 g/mol. The molecule has 17 heavy (non-hydrogen) atoms. The molecule has 1 aliphatic heterocycles. The van der Waals surface area contributed by atoms with E-state index in [0.717, 1.165) is 49.6 Å². The van der Waals surface area contributed by atoms with E-state index in [1.54, 1.807) is 0 Å². The summed E-state index contributed by atoms with van der Waals surface area (Å²) in [5, 5.41) is 12.0. The van der Waals surface area contributed by atoms with Crippen molar-refractivity contribution >= 4 is 5.69 Å². The van der Waals surface area contributed by atoms with E-state index in [1.165, 1.54) is 0 Å². The van der Waals surface area contributed by atoms with E-state index in [0.29, 0.717) is 6.61 Å². The van der Waals surface area contributed by atoms with E-state index in [4.69, 9.17) is 14.6 Å². The van der Waals surface area contributed by atoms with Gasteiger partial charge < -0.3 is 19.9 Å². The van der Waals surface area contributed by atoms with Gasteiger partial charge in [0, 0.05) is 31.3 Å². The van der Waals surface area contributed by atoms with E-state index in [1.807, 2.05) is 18.2 Å². The molecule has 0 saturated heterocycles. The van der Waals surface area contributed by atoms with Crippen LogP contribution in [0.25, 0.3) is 0 Å². The predicted molar refractivity (Wildman–Crippen MR) is 66.9 cm³/mol. The SMILES string of the molecule is OCCCCNc1ccc2c(c1)OCCCO2. The summed E-state index contributed by atoms with van der Waals surface area (Å²) in [4.78, 5) is 0. The van der Waals surface area contributed by atoms with Crippen LogP contribution in [0.4, 0.5) is 5.69 Å². The van der Waals surface area contributed by atoms with Crippen molar-refractivity contribution in [1.29, 1.82) is 0 Å². The second-order valence-electron chi connectivity index (χ2n) is 4.07. The number of unbranched alkanes of at least 4 members (excludes halogenated alkanes) is 1. The van der Waals surface area contributed by atoms with E-state index in [9.17, 15) is 0 Å². The lowest BCUT2D eigenvalue weighted by atomic mass is 10.2. The van der Waals surface area contributed by atoms with Gasteiger partial charge in [-0.25, -0.2) is 0 Å². The fourth-order valence-corrected chi connectivity index (χ4v) is 1.74. The lowest BCUT2D eigenvalue weighted by Gasteiger charge is -2.10. The normalized spacial score (nSPS) is 14.2. The highest BCUT2D eigenvalue weighted by atomic mass is 16.5. The largest absolute Gasteiger partial charge is 0.490 e. The third-order valence-corrected chi connectivity index (χ3v) is 2.66.